The summed E-state index contributed by atoms with van der Waals surface area (Å²) < 4.78 is 48.1. The number of esters is 1. The fourth-order valence-electron chi connectivity index (χ4n) is 2.33. The number of ketones is 1. The molecular formula is C20H16F3NO6. The number of nitro benzene ring substituents is 1. The van der Waals surface area contributed by atoms with Crippen LogP contribution >= 0.6 is 0 Å². The number of non-ortho nitro benzene ring substituents is 1. The highest BCUT2D eigenvalue weighted by Gasteiger charge is 2.30. The molecule has 2 aromatic carbocycles. The minimum absolute atomic E-state index is 0.0557. The SMILES string of the molecule is CC(=O)/C(=C\c1cccc([N+](=O)[O-])c1)C(=O)OCCOc1cccc(C(F)(F)F)c1. The Balaban J connectivity index is 1.99. The molecule has 10 heteroatoms. The summed E-state index contributed by atoms with van der Waals surface area (Å²) in [4.78, 5) is 34.1. The van der Waals surface area contributed by atoms with Crippen LogP contribution in [0.3, 0.4) is 0 Å². The van der Waals surface area contributed by atoms with Gasteiger partial charge in [0.1, 0.15) is 24.5 Å². The first-order valence-corrected chi connectivity index (χ1v) is 8.52. The zero-order chi connectivity index (χ0) is 22.3. The molecule has 0 fully saturated rings. The van der Waals surface area contributed by atoms with Gasteiger partial charge in [0.05, 0.1) is 10.5 Å². The first kappa shape index (κ1) is 22.6. The number of halogens is 3. The number of hydrogen-bond donors (Lipinski definition) is 0. The molecule has 30 heavy (non-hydrogen) atoms. The summed E-state index contributed by atoms with van der Waals surface area (Å²) in [6.07, 6.45) is -3.36. The van der Waals surface area contributed by atoms with E-state index < -0.39 is 28.4 Å². The highest BCUT2D eigenvalue weighted by Crippen LogP contribution is 2.31. The molecular weight excluding hydrogens is 407 g/mol. The van der Waals surface area contributed by atoms with E-state index in [1.54, 1.807) is 0 Å². The summed E-state index contributed by atoms with van der Waals surface area (Å²) in [5, 5.41) is 10.8. The Morgan fingerprint density at radius 2 is 1.80 bits per heavy atom. The van der Waals surface area contributed by atoms with E-state index in [2.05, 4.69) is 0 Å². The third-order valence-electron chi connectivity index (χ3n) is 3.74. The predicted molar refractivity (Wildman–Crippen MR) is 99.7 cm³/mol. The molecule has 0 bridgehead atoms. The molecule has 2 aromatic rings. The summed E-state index contributed by atoms with van der Waals surface area (Å²) >= 11 is 0. The van der Waals surface area contributed by atoms with Crippen LogP contribution in [0.4, 0.5) is 18.9 Å². The zero-order valence-electron chi connectivity index (χ0n) is 15.6. The average molecular weight is 423 g/mol. The Morgan fingerprint density at radius 1 is 1.10 bits per heavy atom. The summed E-state index contributed by atoms with van der Waals surface area (Å²) in [7, 11) is 0. The standard InChI is InChI=1S/C20H16F3NO6/c1-13(25)18(11-14-4-2-6-16(10-14)24(27)28)19(26)30-9-8-29-17-7-3-5-15(12-17)20(21,22)23/h2-7,10-12H,8-9H2,1H3/b18-11+. The van der Waals surface area contributed by atoms with Gasteiger partial charge in [0.2, 0.25) is 0 Å². The van der Waals surface area contributed by atoms with Gasteiger partial charge < -0.3 is 9.47 Å². The lowest BCUT2D eigenvalue weighted by Gasteiger charge is -2.11. The molecule has 0 atom stereocenters. The molecule has 0 N–H and O–H groups in total. The molecule has 0 radical (unpaired) electrons. The Hall–Kier alpha value is -3.69. The lowest BCUT2D eigenvalue weighted by Crippen LogP contribution is -2.17. The number of alkyl halides is 3. The van der Waals surface area contributed by atoms with Crippen LogP contribution in [-0.2, 0) is 20.5 Å². The number of benzene rings is 2. The van der Waals surface area contributed by atoms with Gasteiger partial charge in [-0.15, -0.1) is 0 Å². The van der Waals surface area contributed by atoms with Gasteiger partial charge in [-0.25, -0.2) is 4.79 Å². The van der Waals surface area contributed by atoms with E-state index in [0.29, 0.717) is 0 Å². The fraction of sp³-hybridized carbons (Fsp3) is 0.200. The Bertz CT molecular complexity index is 985. The van der Waals surface area contributed by atoms with Gasteiger partial charge >= 0.3 is 12.1 Å². The highest BCUT2D eigenvalue weighted by atomic mass is 19.4. The van der Waals surface area contributed by atoms with E-state index in [1.807, 2.05) is 0 Å². The minimum Gasteiger partial charge on any atom is -0.490 e. The van der Waals surface area contributed by atoms with Crippen molar-refractivity contribution in [1.82, 2.24) is 0 Å². The highest BCUT2D eigenvalue weighted by molar-refractivity contribution is 6.19. The zero-order valence-corrected chi connectivity index (χ0v) is 15.6. The first-order valence-electron chi connectivity index (χ1n) is 8.52. The second-order valence-electron chi connectivity index (χ2n) is 5.98. The van der Waals surface area contributed by atoms with Gasteiger partial charge in [-0.05, 0) is 36.8 Å². The van der Waals surface area contributed by atoms with Crippen molar-refractivity contribution < 1.29 is 37.2 Å². The van der Waals surface area contributed by atoms with Crippen molar-refractivity contribution in [2.45, 2.75) is 13.1 Å². The van der Waals surface area contributed by atoms with E-state index >= 15 is 0 Å². The molecule has 0 aliphatic carbocycles. The number of Topliss-reactive ketones (excluding diaryl/α,β-unsaturated/α-hetero) is 1. The minimum atomic E-state index is -4.51. The summed E-state index contributed by atoms with van der Waals surface area (Å²) in [6.45, 7) is 0.563. The molecule has 7 nitrogen and oxygen atoms in total. The van der Waals surface area contributed by atoms with E-state index in [0.717, 1.165) is 25.1 Å². The first-order chi connectivity index (χ1) is 14.1. The molecule has 0 saturated heterocycles. The molecule has 0 heterocycles. The number of carbonyl (C=O) groups is 2. The predicted octanol–water partition coefficient (Wildman–Crippen LogP) is 4.21. The van der Waals surface area contributed by atoms with Crippen LogP contribution in [-0.4, -0.2) is 29.9 Å². The summed E-state index contributed by atoms with van der Waals surface area (Å²) in [6, 6.07) is 9.52. The van der Waals surface area contributed by atoms with Gasteiger partial charge in [0.15, 0.2) is 5.78 Å². The Labute approximate surface area is 168 Å². The molecule has 0 saturated carbocycles. The molecule has 0 unspecified atom stereocenters. The number of nitrogens with zero attached hydrogens (tertiary/aromatic N) is 1. The second kappa shape index (κ2) is 9.68. The van der Waals surface area contributed by atoms with Gasteiger partial charge in [-0.3, -0.25) is 14.9 Å². The smallest absolute Gasteiger partial charge is 0.416 e. The second-order valence-corrected chi connectivity index (χ2v) is 5.98. The lowest BCUT2D eigenvalue weighted by atomic mass is 10.1. The van der Waals surface area contributed by atoms with Crippen LogP contribution in [0.25, 0.3) is 6.08 Å². The van der Waals surface area contributed by atoms with Gasteiger partial charge in [-0.1, -0.05) is 18.2 Å². The molecule has 0 spiro atoms. The molecule has 0 aliphatic heterocycles. The summed E-state index contributed by atoms with van der Waals surface area (Å²) in [5.74, 6) is -1.66. The maximum absolute atomic E-state index is 12.7. The van der Waals surface area contributed by atoms with Gasteiger partial charge in [0.25, 0.3) is 5.69 Å². The van der Waals surface area contributed by atoms with E-state index in [4.69, 9.17) is 9.47 Å². The number of carbonyl (C=O) groups excluding carboxylic acids is 2. The number of nitro groups is 1. The van der Waals surface area contributed by atoms with Crippen LogP contribution in [0.1, 0.15) is 18.1 Å². The largest absolute Gasteiger partial charge is 0.490 e. The topological polar surface area (TPSA) is 95.7 Å². The third-order valence-corrected chi connectivity index (χ3v) is 3.74. The molecule has 0 aliphatic rings. The molecule has 0 amide bonds. The van der Waals surface area contributed by atoms with Crippen molar-refractivity contribution in [2.75, 3.05) is 13.2 Å². The molecule has 158 valence electrons. The number of ether oxygens (including phenoxy) is 2. The molecule has 2 rings (SSSR count). The maximum Gasteiger partial charge on any atom is 0.416 e. The number of hydrogen-bond acceptors (Lipinski definition) is 6. The van der Waals surface area contributed by atoms with Crippen molar-refractivity contribution >= 4 is 23.5 Å². The average Bonchev–Trinajstić information content (AvgIpc) is 2.69. The Morgan fingerprint density at radius 3 is 2.43 bits per heavy atom. The van der Waals surface area contributed by atoms with Crippen LogP contribution in [0.5, 0.6) is 5.75 Å². The van der Waals surface area contributed by atoms with E-state index in [-0.39, 0.29) is 35.8 Å². The van der Waals surface area contributed by atoms with Crippen molar-refractivity contribution in [3.05, 3.63) is 75.3 Å². The maximum atomic E-state index is 12.7. The van der Waals surface area contributed by atoms with E-state index in [9.17, 15) is 32.9 Å². The van der Waals surface area contributed by atoms with Gasteiger partial charge in [-0.2, -0.15) is 13.2 Å². The fourth-order valence-corrected chi connectivity index (χ4v) is 2.33. The van der Waals surface area contributed by atoms with Crippen LogP contribution < -0.4 is 4.74 Å². The van der Waals surface area contributed by atoms with Crippen molar-refractivity contribution in [1.29, 1.82) is 0 Å². The lowest BCUT2D eigenvalue weighted by molar-refractivity contribution is -0.384. The van der Waals surface area contributed by atoms with Crippen molar-refractivity contribution in [3.63, 3.8) is 0 Å². The quantitative estimate of drug-likeness (QED) is 0.120. The van der Waals surface area contributed by atoms with Crippen LogP contribution in [0.2, 0.25) is 0 Å². The summed E-state index contributed by atoms with van der Waals surface area (Å²) in [5.41, 5.74) is -1.17. The number of rotatable bonds is 8. The van der Waals surface area contributed by atoms with Crippen molar-refractivity contribution in [3.8, 4) is 5.75 Å². The Kier molecular flexibility index (Phi) is 7.29. The van der Waals surface area contributed by atoms with Gasteiger partial charge in [0, 0.05) is 12.1 Å². The third kappa shape index (κ3) is 6.43. The van der Waals surface area contributed by atoms with Crippen LogP contribution in [0, 0.1) is 10.1 Å². The monoisotopic (exact) mass is 423 g/mol. The van der Waals surface area contributed by atoms with Crippen molar-refractivity contribution in [2.24, 2.45) is 0 Å². The van der Waals surface area contributed by atoms with Crippen LogP contribution in [0.15, 0.2) is 54.1 Å². The van der Waals surface area contributed by atoms with E-state index in [1.165, 1.54) is 36.4 Å². The normalized spacial score (nSPS) is 11.7. The molecule has 0 aromatic heterocycles.